The standard InChI is InChI=1S/C12H17FN2O3/c1-3-18-11-8-9(13)4-5-10(11)15-12(16)14-6-7-17-2/h4-5,8H,3,6-7H2,1-2H3,(H2,14,15,16). The molecule has 0 aliphatic carbocycles. The lowest BCUT2D eigenvalue weighted by Crippen LogP contribution is -2.31. The van der Waals surface area contributed by atoms with Crippen LogP contribution in [0.3, 0.4) is 0 Å². The predicted molar refractivity (Wildman–Crippen MR) is 66.5 cm³/mol. The third kappa shape index (κ3) is 4.58. The number of nitrogens with one attached hydrogen (secondary N) is 2. The summed E-state index contributed by atoms with van der Waals surface area (Å²) >= 11 is 0. The summed E-state index contributed by atoms with van der Waals surface area (Å²) in [7, 11) is 1.55. The molecule has 0 atom stereocenters. The van der Waals surface area contributed by atoms with Crippen molar-refractivity contribution in [2.24, 2.45) is 0 Å². The van der Waals surface area contributed by atoms with Gasteiger partial charge in [-0.2, -0.15) is 0 Å². The zero-order valence-electron chi connectivity index (χ0n) is 10.5. The van der Waals surface area contributed by atoms with Gasteiger partial charge in [0.25, 0.3) is 0 Å². The molecule has 0 aliphatic rings. The predicted octanol–water partition coefficient (Wildman–Crippen LogP) is 1.99. The lowest BCUT2D eigenvalue weighted by molar-refractivity contribution is 0.198. The number of hydrogen-bond donors (Lipinski definition) is 2. The van der Waals surface area contributed by atoms with Crippen LogP contribution in [0.25, 0.3) is 0 Å². The van der Waals surface area contributed by atoms with Crippen LogP contribution >= 0.6 is 0 Å². The van der Waals surface area contributed by atoms with Crippen LogP contribution in [0.2, 0.25) is 0 Å². The van der Waals surface area contributed by atoms with E-state index in [9.17, 15) is 9.18 Å². The van der Waals surface area contributed by atoms with Crippen molar-refractivity contribution >= 4 is 11.7 Å². The zero-order chi connectivity index (χ0) is 13.4. The van der Waals surface area contributed by atoms with Crippen LogP contribution in [0.1, 0.15) is 6.92 Å². The molecule has 0 saturated carbocycles. The summed E-state index contributed by atoms with van der Waals surface area (Å²) in [6.45, 7) is 3.00. The average molecular weight is 256 g/mol. The molecule has 2 amide bonds. The Balaban J connectivity index is 2.62. The third-order valence-electron chi connectivity index (χ3n) is 2.08. The molecule has 1 aromatic rings. The van der Waals surface area contributed by atoms with Gasteiger partial charge in [-0.3, -0.25) is 0 Å². The molecule has 6 heteroatoms. The molecule has 0 radical (unpaired) electrons. The SMILES string of the molecule is CCOc1cc(F)ccc1NC(=O)NCCOC. The quantitative estimate of drug-likeness (QED) is 0.765. The molecular formula is C12H17FN2O3. The largest absolute Gasteiger partial charge is 0.492 e. The number of carbonyl (C=O) groups is 1. The molecule has 0 saturated heterocycles. The van der Waals surface area contributed by atoms with Crippen LogP contribution in [0.5, 0.6) is 5.75 Å². The molecule has 1 rings (SSSR count). The topological polar surface area (TPSA) is 59.6 Å². The summed E-state index contributed by atoms with van der Waals surface area (Å²) in [5.74, 6) is -0.108. The van der Waals surface area contributed by atoms with E-state index in [1.807, 2.05) is 0 Å². The van der Waals surface area contributed by atoms with Crippen molar-refractivity contribution in [3.63, 3.8) is 0 Å². The van der Waals surface area contributed by atoms with E-state index in [1.165, 1.54) is 18.2 Å². The highest BCUT2D eigenvalue weighted by molar-refractivity contribution is 5.90. The smallest absolute Gasteiger partial charge is 0.319 e. The number of rotatable bonds is 6. The normalized spacial score (nSPS) is 9.94. The Morgan fingerprint density at radius 2 is 2.22 bits per heavy atom. The number of carbonyl (C=O) groups excluding carboxylic acids is 1. The van der Waals surface area contributed by atoms with Crippen LogP contribution in [0, 0.1) is 5.82 Å². The minimum atomic E-state index is -0.413. The first-order valence-electron chi connectivity index (χ1n) is 5.63. The van der Waals surface area contributed by atoms with E-state index in [1.54, 1.807) is 14.0 Å². The first-order valence-corrected chi connectivity index (χ1v) is 5.63. The Hall–Kier alpha value is -1.82. The number of methoxy groups -OCH3 is 1. The maximum absolute atomic E-state index is 13.0. The number of urea groups is 1. The summed E-state index contributed by atoms with van der Waals surface area (Å²) in [4.78, 5) is 11.5. The number of benzene rings is 1. The lowest BCUT2D eigenvalue weighted by Gasteiger charge is -2.12. The van der Waals surface area contributed by atoms with Crippen molar-refractivity contribution in [3.8, 4) is 5.75 Å². The molecular weight excluding hydrogens is 239 g/mol. The van der Waals surface area contributed by atoms with Crippen molar-refractivity contribution in [2.45, 2.75) is 6.92 Å². The highest BCUT2D eigenvalue weighted by atomic mass is 19.1. The van der Waals surface area contributed by atoms with E-state index in [0.717, 1.165) is 0 Å². The fourth-order valence-electron chi connectivity index (χ4n) is 1.31. The van der Waals surface area contributed by atoms with Crippen LogP contribution in [0.4, 0.5) is 14.9 Å². The fraction of sp³-hybridized carbons (Fsp3) is 0.417. The summed E-state index contributed by atoms with van der Waals surface area (Å²) in [6, 6.07) is 3.55. The van der Waals surface area contributed by atoms with Crippen molar-refractivity contribution < 1.29 is 18.7 Å². The van der Waals surface area contributed by atoms with Crippen LogP contribution in [0.15, 0.2) is 18.2 Å². The van der Waals surface area contributed by atoms with E-state index in [4.69, 9.17) is 9.47 Å². The van der Waals surface area contributed by atoms with Crippen molar-refractivity contribution in [3.05, 3.63) is 24.0 Å². The molecule has 2 N–H and O–H groups in total. The summed E-state index contributed by atoms with van der Waals surface area (Å²) in [5.41, 5.74) is 0.424. The number of hydrogen-bond acceptors (Lipinski definition) is 3. The van der Waals surface area contributed by atoms with E-state index >= 15 is 0 Å². The maximum Gasteiger partial charge on any atom is 0.319 e. The zero-order valence-corrected chi connectivity index (χ0v) is 10.5. The summed E-state index contributed by atoms with van der Waals surface area (Å²) in [6.07, 6.45) is 0. The summed E-state index contributed by atoms with van der Waals surface area (Å²) < 4.78 is 23.1. The van der Waals surface area contributed by atoms with E-state index in [0.29, 0.717) is 31.2 Å². The Kier molecular flexibility index (Phi) is 5.93. The van der Waals surface area contributed by atoms with Gasteiger partial charge < -0.3 is 20.1 Å². The Bertz CT molecular complexity index is 399. The molecule has 5 nitrogen and oxygen atoms in total. The van der Waals surface area contributed by atoms with Crippen molar-refractivity contribution in [1.82, 2.24) is 5.32 Å². The minimum Gasteiger partial charge on any atom is -0.492 e. The molecule has 0 unspecified atom stereocenters. The Morgan fingerprint density at radius 3 is 2.89 bits per heavy atom. The Labute approximate surface area is 105 Å². The van der Waals surface area contributed by atoms with Crippen LogP contribution in [-0.2, 0) is 4.74 Å². The van der Waals surface area contributed by atoms with Gasteiger partial charge in [-0.1, -0.05) is 0 Å². The van der Waals surface area contributed by atoms with Gasteiger partial charge in [0.1, 0.15) is 11.6 Å². The van der Waals surface area contributed by atoms with Gasteiger partial charge in [0.15, 0.2) is 0 Å². The fourth-order valence-corrected chi connectivity index (χ4v) is 1.31. The van der Waals surface area contributed by atoms with E-state index in [-0.39, 0.29) is 6.03 Å². The van der Waals surface area contributed by atoms with E-state index in [2.05, 4.69) is 10.6 Å². The van der Waals surface area contributed by atoms with Gasteiger partial charge >= 0.3 is 6.03 Å². The molecule has 0 spiro atoms. The second-order valence-corrected chi connectivity index (χ2v) is 3.45. The number of ether oxygens (including phenoxy) is 2. The van der Waals surface area contributed by atoms with Gasteiger partial charge in [0.05, 0.1) is 18.9 Å². The highest BCUT2D eigenvalue weighted by Crippen LogP contribution is 2.25. The number of amides is 2. The summed E-state index contributed by atoms with van der Waals surface area (Å²) in [5, 5.41) is 5.18. The van der Waals surface area contributed by atoms with Gasteiger partial charge in [0.2, 0.25) is 0 Å². The maximum atomic E-state index is 13.0. The van der Waals surface area contributed by atoms with Gasteiger partial charge in [-0.15, -0.1) is 0 Å². The monoisotopic (exact) mass is 256 g/mol. The molecule has 18 heavy (non-hydrogen) atoms. The average Bonchev–Trinajstić information content (AvgIpc) is 2.33. The van der Waals surface area contributed by atoms with Gasteiger partial charge in [0, 0.05) is 19.7 Å². The first kappa shape index (κ1) is 14.2. The molecule has 0 aromatic heterocycles. The lowest BCUT2D eigenvalue weighted by atomic mass is 10.3. The second-order valence-electron chi connectivity index (χ2n) is 3.45. The van der Waals surface area contributed by atoms with Crippen LogP contribution < -0.4 is 15.4 Å². The Morgan fingerprint density at radius 1 is 1.44 bits per heavy atom. The molecule has 100 valence electrons. The number of halogens is 1. The minimum absolute atomic E-state index is 0.305. The van der Waals surface area contributed by atoms with Crippen LogP contribution in [-0.4, -0.2) is 32.9 Å². The molecule has 1 aromatic carbocycles. The molecule has 0 bridgehead atoms. The van der Waals surface area contributed by atoms with Crippen molar-refractivity contribution in [2.75, 3.05) is 32.2 Å². The van der Waals surface area contributed by atoms with E-state index < -0.39 is 5.82 Å². The molecule has 0 aliphatic heterocycles. The number of anilines is 1. The third-order valence-corrected chi connectivity index (χ3v) is 2.08. The van der Waals surface area contributed by atoms with Gasteiger partial charge in [-0.25, -0.2) is 9.18 Å². The first-order chi connectivity index (χ1) is 8.67. The second kappa shape index (κ2) is 7.50. The molecule has 0 fully saturated rings. The molecule has 0 heterocycles. The van der Waals surface area contributed by atoms with Gasteiger partial charge in [-0.05, 0) is 19.1 Å². The van der Waals surface area contributed by atoms with Crippen molar-refractivity contribution in [1.29, 1.82) is 0 Å². The highest BCUT2D eigenvalue weighted by Gasteiger charge is 2.08.